The average molecular weight is 354 g/mol. The van der Waals surface area contributed by atoms with Crippen LogP contribution in [-0.2, 0) is 0 Å². The predicted molar refractivity (Wildman–Crippen MR) is 87.0 cm³/mol. The molecule has 0 aliphatic carbocycles. The molecule has 0 saturated carbocycles. The Hall–Kier alpha value is -1.53. The lowest BCUT2D eigenvalue weighted by atomic mass is 10.2. The molecule has 1 aromatic heterocycles. The van der Waals surface area contributed by atoms with Crippen LogP contribution >= 0.6 is 28.1 Å². The first kappa shape index (κ1) is 14.9. The molecule has 1 aromatic carbocycles. The van der Waals surface area contributed by atoms with Crippen molar-refractivity contribution >= 4 is 44.5 Å². The Morgan fingerprint density at radius 1 is 1.25 bits per heavy atom. The highest BCUT2D eigenvalue weighted by atomic mass is 79.9. The minimum atomic E-state index is -0.435. The van der Waals surface area contributed by atoms with E-state index in [0.717, 1.165) is 17.1 Å². The maximum Gasteiger partial charge on any atom is 0.161 e. The summed E-state index contributed by atoms with van der Waals surface area (Å²) in [6.07, 6.45) is 0. The number of anilines is 2. The lowest BCUT2D eigenvalue weighted by Crippen LogP contribution is -2.11. The van der Waals surface area contributed by atoms with Crippen LogP contribution < -0.4 is 11.1 Å². The van der Waals surface area contributed by atoms with Gasteiger partial charge in [0.1, 0.15) is 4.99 Å². The molecule has 2 rings (SSSR count). The molecule has 20 heavy (non-hydrogen) atoms. The van der Waals surface area contributed by atoms with Crippen molar-refractivity contribution in [3.05, 3.63) is 51.5 Å². The standard InChI is InChI=1S/C14H13BrFN3S/c1-7-3-5-10(8(2)18-7)19-11-6-4-9(14(17)20)12(15)13(11)16/h3-6,19H,1-2H3,(H2,17,20). The summed E-state index contributed by atoms with van der Waals surface area (Å²) in [5, 5.41) is 3.02. The van der Waals surface area contributed by atoms with Gasteiger partial charge < -0.3 is 11.1 Å². The first-order chi connectivity index (χ1) is 9.40. The minimum absolute atomic E-state index is 0.149. The molecule has 3 nitrogen and oxygen atoms in total. The number of nitrogens with one attached hydrogen (secondary N) is 1. The zero-order chi connectivity index (χ0) is 14.9. The van der Waals surface area contributed by atoms with E-state index in [1.54, 1.807) is 12.1 Å². The van der Waals surface area contributed by atoms with E-state index in [9.17, 15) is 4.39 Å². The van der Waals surface area contributed by atoms with E-state index in [4.69, 9.17) is 18.0 Å². The van der Waals surface area contributed by atoms with E-state index in [1.165, 1.54) is 0 Å². The van der Waals surface area contributed by atoms with Crippen LogP contribution in [0.2, 0.25) is 0 Å². The third-order valence-electron chi connectivity index (χ3n) is 2.84. The lowest BCUT2D eigenvalue weighted by Gasteiger charge is -2.13. The zero-order valence-electron chi connectivity index (χ0n) is 11.0. The molecule has 0 amide bonds. The molecule has 0 saturated heterocycles. The van der Waals surface area contributed by atoms with Crippen LogP contribution in [0.15, 0.2) is 28.7 Å². The topological polar surface area (TPSA) is 50.9 Å². The van der Waals surface area contributed by atoms with Gasteiger partial charge in [-0.05, 0) is 54.0 Å². The second kappa shape index (κ2) is 5.85. The van der Waals surface area contributed by atoms with Crippen LogP contribution in [0, 0.1) is 19.7 Å². The number of aryl methyl sites for hydroxylation is 2. The van der Waals surface area contributed by atoms with Gasteiger partial charge in [-0.25, -0.2) is 4.39 Å². The molecule has 0 aliphatic heterocycles. The zero-order valence-corrected chi connectivity index (χ0v) is 13.4. The second-order valence-corrected chi connectivity index (χ2v) is 5.60. The fourth-order valence-electron chi connectivity index (χ4n) is 1.80. The molecule has 0 fully saturated rings. The van der Waals surface area contributed by atoms with Crippen molar-refractivity contribution in [2.24, 2.45) is 5.73 Å². The van der Waals surface area contributed by atoms with Gasteiger partial charge in [-0.3, -0.25) is 4.98 Å². The molecular formula is C14H13BrFN3S. The number of benzene rings is 1. The van der Waals surface area contributed by atoms with Gasteiger partial charge in [0.05, 0.1) is 21.5 Å². The number of nitrogens with zero attached hydrogens (tertiary/aromatic N) is 1. The third-order valence-corrected chi connectivity index (χ3v) is 3.84. The Balaban J connectivity index is 2.39. The summed E-state index contributed by atoms with van der Waals surface area (Å²) in [4.78, 5) is 4.48. The van der Waals surface area contributed by atoms with Crippen LogP contribution in [0.4, 0.5) is 15.8 Å². The molecule has 6 heteroatoms. The van der Waals surface area contributed by atoms with Crippen LogP contribution in [-0.4, -0.2) is 9.97 Å². The quantitative estimate of drug-likeness (QED) is 0.819. The van der Waals surface area contributed by atoms with Crippen molar-refractivity contribution in [2.75, 3.05) is 5.32 Å². The number of halogens is 2. The average Bonchev–Trinajstić information content (AvgIpc) is 2.37. The van der Waals surface area contributed by atoms with Crippen LogP contribution in [0.1, 0.15) is 17.0 Å². The highest BCUT2D eigenvalue weighted by Crippen LogP contribution is 2.29. The smallest absolute Gasteiger partial charge is 0.161 e. The minimum Gasteiger partial charge on any atom is -0.389 e. The van der Waals surface area contributed by atoms with Gasteiger partial charge in [0.15, 0.2) is 5.82 Å². The number of pyridine rings is 1. The predicted octanol–water partition coefficient (Wildman–Crippen LogP) is 3.98. The first-order valence-electron chi connectivity index (χ1n) is 5.89. The van der Waals surface area contributed by atoms with Gasteiger partial charge in [0.25, 0.3) is 0 Å². The summed E-state index contributed by atoms with van der Waals surface area (Å²) in [5.41, 5.74) is 8.82. The van der Waals surface area contributed by atoms with E-state index >= 15 is 0 Å². The molecule has 0 spiro atoms. The van der Waals surface area contributed by atoms with E-state index in [2.05, 4.69) is 26.2 Å². The Bertz CT molecular complexity index is 688. The van der Waals surface area contributed by atoms with Crippen molar-refractivity contribution in [3.8, 4) is 0 Å². The van der Waals surface area contributed by atoms with Crippen LogP contribution in [0.25, 0.3) is 0 Å². The molecule has 104 valence electrons. The second-order valence-electron chi connectivity index (χ2n) is 4.36. The molecular weight excluding hydrogens is 341 g/mol. The largest absolute Gasteiger partial charge is 0.389 e. The van der Waals surface area contributed by atoms with E-state index in [0.29, 0.717) is 11.3 Å². The summed E-state index contributed by atoms with van der Waals surface area (Å²) < 4.78 is 14.5. The highest BCUT2D eigenvalue weighted by molar-refractivity contribution is 9.10. The number of thiocarbonyl (C=S) groups is 1. The SMILES string of the molecule is Cc1ccc(Nc2ccc(C(N)=S)c(Br)c2F)c(C)n1. The van der Waals surface area contributed by atoms with Gasteiger partial charge in [0, 0.05) is 11.3 Å². The maximum absolute atomic E-state index is 14.3. The fourth-order valence-corrected chi connectivity index (χ4v) is 2.66. The van der Waals surface area contributed by atoms with E-state index < -0.39 is 5.82 Å². The Labute approximate surface area is 130 Å². The molecule has 0 bridgehead atoms. The Morgan fingerprint density at radius 3 is 2.50 bits per heavy atom. The van der Waals surface area contributed by atoms with Gasteiger partial charge in [-0.2, -0.15) is 0 Å². The van der Waals surface area contributed by atoms with Gasteiger partial charge in [0.2, 0.25) is 0 Å². The van der Waals surface area contributed by atoms with E-state index in [-0.39, 0.29) is 9.46 Å². The summed E-state index contributed by atoms with van der Waals surface area (Å²) >= 11 is 8.04. The number of rotatable bonds is 3. The first-order valence-corrected chi connectivity index (χ1v) is 7.09. The van der Waals surface area contributed by atoms with Crippen molar-refractivity contribution in [3.63, 3.8) is 0 Å². The molecule has 0 aliphatic rings. The van der Waals surface area contributed by atoms with E-state index in [1.807, 2.05) is 26.0 Å². The lowest BCUT2D eigenvalue weighted by molar-refractivity contribution is 0.625. The number of hydrogen-bond acceptors (Lipinski definition) is 3. The Morgan fingerprint density at radius 2 is 1.90 bits per heavy atom. The number of hydrogen-bond donors (Lipinski definition) is 2. The van der Waals surface area contributed by atoms with Crippen molar-refractivity contribution in [2.45, 2.75) is 13.8 Å². The summed E-state index contributed by atoms with van der Waals surface area (Å²) in [6.45, 7) is 3.77. The monoisotopic (exact) mass is 353 g/mol. The summed E-state index contributed by atoms with van der Waals surface area (Å²) in [5.74, 6) is -0.435. The van der Waals surface area contributed by atoms with Crippen molar-refractivity contribution < 1.29 is 4.39 Å². The number of nitrogens with two attached hydrogens (primary N) is 1. The molecule has 0 radical (unpaired) electrons. The van der Waals surface area contributed by atoms with Crippen LogP contribution in [0.5, 0.6) is 0 Å². The molecule has 0 unspecified atom stereocenters. The van der Waals surface area contributed by atoms with Gasteiger partial charge in [-0.1, -0.05) is 12.2 Å². The maximum atomic E-state index is 14.3. The summed E-state index contributed by atoms with van der Waals surface area (Å²) in [7, 11) is 0. The molecule has 1 heterocycles. The van der Waals surface area contributed by atoms with Crippen molar-refractivity contribution in [1.29, 1.82) is 0 Å². The number of aromatic nitrogens is 1. The fraction of sp³-hybridized carbons (Fsp3) is 0.143. The third kappa shape index (κ3) is 2.96. The Kier molecular flexibility index (Phi) is 4.35. The van der Waals surface area contributed by atoms with Gasteiger partial charge in [-0.15, -0.1) is 0 Å². The normalized spacial score (nSPS) is 10.4. The molecule has 3 N–H and O–H groups in total. The molecule has 0 atom stereocenters. The van der Waals surface area contributed by atoms with Crippen LogP contribution in [0.3, 0.4) is 0 Å². The summed E-state index contributed by atoms with van der Waals surface area (Å²) in [6, 6.07) is 7.01. The molecule has 2 aromatic rings. The van der Waals surface area contributed by atoms with Crippen molar-refractivity contribution in [1.82, 2.24) is 4.98 Å². The van der Waals surface area contributed by atoms with Gasteiger partial charge >= 0.3 is 0 Å². The highest BCUT2D eigenvalue weighted by Gasteiger charge is 2.13.